The van der Waals surface area contributed by atoms with Crippen LogP contribution in [0.3, 0.4) is 0 Å². The van der Waals surface area contributed by atoms with Crippen LogP contribution in [0.5, 0.6) is 0 Å². The van der Waals surface area contributed by atoms with Gasteiger partial charge in [0, 0.05) is 44.7 Å². The minimum absolute atomic E-state index is 0.207. The quantitative estimate of drug-likeness (QED) is 0.546. The molecule has 1 aromatic carbocycles. The first-order valence-corrected chi connectivity index (χ1v) is 12.2. The standard InChI is InChI=1S/C20H27N5O2S2/c1-14(29(5,26)27)13-22-20(21-4)25-10-8-24(9-11-25)15(2)17-6-7-19-18(12-17)23-16(3)28-19/h6-7,12-13,15H,4,8-11H2,1-3,5H3/b14-13+,22-20+. The molecule has 1 aromatic heterocycles. The molecule has 7 nitrogen and oxygen atoms in total. The van der Waals surface area contributed by atoms with Crippen LogP contribution in [0.25, 0.3) is 10.2 Å². The van der Waals surface area contributed by atoms with Crippen molar-refractivity contribution in [3.63, 3.8) is 0 Å². The Morgan fingerprint density at radius 1 is 1.31 bits per heavy atom. The van der Waals surface area contributed by atoms with E-state index in [0.29, 0.717) is 5.96 Å². The van der Waals surface area contributed by atoms with Gasteiger partial charge in [0.25, 0.3) is 0 Å². The fourth-order valence-corrected chi connectivity index (χ4v) is 4.36. The van der Waals surface area contributed by atoms with Crippen LogP contribution >= 0.6 is 11.3 Å². The zero-order valence-electron chi connectivity index (χ0n) is 17.3. The van der Waals surface area contributed by atoms with Gasteiger partial charge in [-0.2, -0.15) is 0 Å². The molecule has 0 aliphatic carbocycles. The minimum Gasteiger partial charge on any atom is -0.338 e. The summed E-state index contributed by atoms with van der Waals surface area (Å²) in [7, 11) is -3.24. The number of sulfone groups is 1. The van der Waals surface area contributed by atoms with E-state index in [9.17, 15) is 8.42 Å². The highest BCUT2D eigenvalue weighted by Gasteiger charge is 2.24. The van der Waals surface area contributed by atoms with Crippen molar-refractivity contribution in [2.24, 2.45) is 9.98 Å². The lowest BCUT2D eigenvalue weighted by Gasteiger charge is -2.38. The molecule has 3 rings (SSSR count). The molecule has 1 atom stereocenters. The molecule has 0 radical (unpaired) electrons. The van der Waals surface area contributed by atoms with Crippen LogP contribution in [0.4, 0.5) is 0 Å². The molecule has 1 aliphatic heterocycles. The molecule has 29 heavy (non-hydrogen) atoms. The number of aryl methyl sites for hydroxylation is 1. The normalized spacial score (nSPS) is 18.3. The molecular weight excluding hydrogens is 406 g/mol. The Morgan fingerprint density at radius 2 is 2.00 bits per heavy atom. The molecule has 1 unspecified atom stereocenters. The number of hydrogen-bond donors (Lipinski definition) is 0. The van der Waals surface area contributed by atoms with Gasteiger partial charge in [-0.3, -0.25) is 4.90 Å². The van der Waals surface area contributed by atoms with E-state index < -0.39 is 9.84 Å². The monoisotopic (exact) mass is 433 g/mol. The third kappa shape index (κ3) is 5.09. The van der Waals surface area contributed by atoms with Crippen molar-refractivity contribution in [2.45, 2.75) is 26.8 Å². The summed E-state index contributed by atoms with van der Waals surface area (Å²) in [6.07, 6.45) is 2.51. The summed E-state index contributed by atoms with van der Waals surface area (Å²) in [5.41, 5.74) is 2.33. The molecule has 0 bridgehead atoms. The van der Waals surface area contributed by atoms with Gasteiger partial charge < -0.3 is 4.90 Å². The number of hydrogen-bond acceptors (Lipinski definition) is 6. The minimum atomic E-state index is -3.24. The molecule has 1 saturated heterocycles. The third-order valence-corrected chi connectivity index (χ3v) is 7.46. The SMILES string of the molecule is C=N/C(=N\C=C(/C)S(C)(=O)=O)N1CCN(C(C)c2ccc3sc(C)nc3c2)CC1. The maximum atomic E-state index is 11.5. The molecule has 9 heteroatoms. The lowest BCUT2D eigenvalue weighted by molar-refractivity contribution is 0.140. The highest BCUT2D eigenvalue weighted by molar-refractivity contribution is 7.94. The second-order valence-electron chi connectivity index (χ2n) is 7.26. The Labute approximate surface area is 176 Å². The summed E-state index contributed by atoms with van der Waals surface area (Å²) in [5, 5.41) is 1.09. The number of allylic oxidation sites excluding steroid dienone is 1. The fraction of sp³-hybridized carbons (Fsp3) is 0.450. The second-order valence-corrected chi connectivity index (χ2v) is 10.7. The summed E-state index contributed by atoms with van der Waals surface area (Å²) in [5.74, 6) is 0.458. The van der Waals surface area contributed by atoms with E-state index >= 15 is 0 Å². The average molecular weight is 434 g/mol. The number of aliphatic imine (C=N–C) groups is 2. The van der Waals surface area contributed by atoms with Crippen LogP contribution in [-0.2, 0) is 9.84 Å². The molecule has 1 aliphatic rings. The van der Waals surface area contributed by atoms with E-state index in [1.807, 2.05) is 11.8 Å². The summed E-state index contributed by atoms with van der Waals surface area (Å²) < 4.78 is 24.3. The number of nitrogens with zero attached hydrogens (tertiary/aromatic N) is 5. The molecular formula is C20H27N5O2S2. The van der Waals surface area contributed by atoms with Crippen LogP contribution in [0.2, 0.25) is 0 Å². The first kappa shape index (κ1) is 21.6. The third-order valence-electron chi connectivity index (χ3n) is 5.23. The molecule has 2 aromatic rings. The van der Waals surface area contributed by atoms with Crippen molar-refractivity contribution in [1.29, 1.82) is 0 Å². The van der Waals surface area contributed by atoms with Gasteiger partial charge in [-0.25, -0.2) is 23.4 Å². The maximum absolute atomic E-state index is 11.5. The van der Waals surface area contributed by atoms with Crippen molar-refractivity contribution in [2.75, 3.05) is 32.4 Å². The van der Waals surface area contributed by atoms with Crippen molar-refractivity contribution in [3.05, 3.63) is 39.9 Å². The van der Waals surface area contributed by atoms with E-state index in [1.54, 1.807) is 11.3 Å². The van der Waals surface area contributed by atoms with Gasteiger partial charge in [-0.1, -0.05) is 6.07 Å². The van der Waals surface area contributed by atoms with Gasteiger partial charge >= 0.3 is 0 Å². The first-order chi connectivity index (χ1) is 13.7. The molecule has 2 heterocycles. The van der Waals surface area contributed by atoms with Crippen molar-refractivity contribution in [1.82, 2.24) is 14.8 Å². The largest absolute Gasteiger partial charge is 0.338 e. The molecule has 1 fully saturated rings. The van der Waals surface area contributed by atoms with Crippen LogP contribution in [0.1, 0.15) is 30.5 Å². The number of piperazine rings is 1. The van der Waals surface area contributed by atoms with E-state index in [1.165, 1.54) is 29.6 Å². The van der Waals surface area contributed by atoms with Crippen LogP contribution in [0.15, 0.2) is 39.3 Å². The number of thiazole rings is 1. The van der Waals surface area contributed by atoms with Gasteiger partial charge in [0.2, 0.25) is 5.96 Å². The Kier molecular flexibility index (Phi) is 6.50. The highest BCUT2D eigenvalue weighted by atomic mass is 32.2. The van der Waals surface area contributed by atoms with E-state index in [-0.39, 0.29) is 10.9 Å². The highest BCUT2D eigenvalue weighted by Crippen LogP contribution is 2.28. The van der Waals surface area contributed by atoms with Crippen molar-refractivity contribution in [3.8, 4) is 0 Å². The summed E-state index contributed by atoms with van der Waals surface area (Å²) in [6.45, 7) is 12.6. The summed E-state index contributed by atoms with van der Waals surface area (Å²) in [6, 6.07) is 6.82. The number of fused-ring (bicyclic) bond motifs is 1. The number of rotatable bonds is 4. The van der Waals surface area contributed by atoms with Crippen molar-refractivity contribution < 1.29 is 8.42 Å². The Balaban J connectivity index is 1.67. The molecule has 0 saturated carbocycles. The molecule has 0 spiro atoms. The zero-order chi connectivity index (χ0) is 21.2. The lowest BCUT2D eigenvalue weighted by atomic mass is 10.1. The number of guanidine groups is 1. The zero-order valence-corrected chi connectivity index (χ0v) is 18.9. The maximum Gasteiger partial charge on any atom is 0.224 e. The molecule has 0 amide bonds. The van der Waals surface area contributed by atoms with Gasteiger partial charge in [0.15, 0.2) is 9.84 Å². The van der Waals surface area contributed by atoms with Gasteiger partial charge in [-0.05, 0) is 45.2 Å². The number of aromatic nitrogens is 1. The first-order valence-electron chi connectivity index (χ1n) is 9.46. The Morgan fingerprint density at radius 3 is 2.62 bits per heavy atom. The Bertz CT molecular complexity index is 1060. The van der Waals surface area contributed by atoms with Crippen LogP contribution in [0, 0.1) is 6.92 Å². The van der Waals surface area contributed by atoms with Gasteiger partial charge in [0.05, 0.1) is 20.1 Å². The van der Waals surface area contributed by atoms with E-state index in [2.05, 4.69) is 51.7 Å². The van der Waals surface area contributed by atoms with Crippen LogP contribution in [-0.4, -0.2) is 68.3 Å². The predicted octanol–water partition coefficient (Wildman–Crippen LogP) is 3.25. The van der Waals surface area contributed by atoms with E-state index in [4.69, 9.17) is 0 Å². The van der Waals surface area contributed by atoms with Crippen LogP contribution < -0.4 is 0 Å². The Hall–Kier alpha value is -2.10. The second kappa shape index (κ2) is 8.73. The fourth-order valence-electron chi connectivity index (χ4n) is 3.31. The smallest absolute Gasteiger partial charge is 0.224 e. The van der Waals surface area contributed by atoms with Gasteiger partial charge in [0.1, 0.15) is 0 Å². The lowest BCUT2D eigenvalue weighted by Crippen LogP contribution is -2.48. The summed E-state index contributed by atoms with van der Waals surface area (Å²) >= 11 is 1.72. The predicted molar refractivity (Wildman–Crippen MR) is 122 cm³/mol. The molecule has 156 valence electrons. The average Bonchev–Trinajstić information content (AvgIpc) is 3.06. The van der Waals surface area contributed by atoms with Crippen molar-refractivity contribution >= 4 is 44.1 Å². The topological polar surface area (TPSA) is 78.2 Å². The number of benzene rings is 1. The van der Waals surface area contributed by atoms with E-state index in [0.717, 1.165) is 36.7 Å². The summed E-state index contributed by atoms with van der Waals surface area (Å²) in [4.78, 5) is 17.5. The van der Waals surface area contributed by atoms with Gasteiger partial charge in [-0.15, -0.1) is 11.3 Å². The molecule has 0 N–H and O–H groups in total.